The van der Waals surface area contributed by atoms with E-state index in [0.29, 0.717) is 11.0 Å². The van der Waals surface area contributed by atoms with Crippen LogP contribution in [0.1, 0.15) is 11.3 Å². The molecule has 0 aliphatic rings. The first-order chi connectivity index (χ1) is 12.9. The molecule has 0 aliphatic carbocycles. The average Bonchev–Trinajstić information content (AvgIpc) is 2.65. The Balaban J connectivity index is 1.85. The summed E-state index contributed by atoms with van der Waals surface area (Å²) in [4.78, 5) is 20.7. The lowest BCUT2D eigenvalue weighted by molar-refractivity contribution is -0.137. The molecule has 27 heavy (non-hydrogen) atoms. The van der Waals surface area contributed by atoms with Gasteiger partial charge in [0.1, 0.15) is 11.6 Å². The standard InChI is InChI=1S/C19H11F3N4O/c20-19(21,22)13-4-3-5-14(9-13)26-18(27)12(10-23)8-15-11-24-16-6-1-2-7-17(16)25-15/h1-9,11H,(H,26,27)/b12-8+. The fourth-order valence-corrected chi connectivity index (χ4v) is 2.31. The minimum Gasteiger partial charge on any atom is -0.321 e. The van der Waals surface area contributed by atoms with Crippen LogP contribution < -0.4 is 5.32 Å². The van der Waals surface area contributed by atoms with Crippen molar-refractivity contribution in [2.45, 2.75) is 6.18 Å². The highest BCUT2D eigenvalue weighted by molar-refractivity contribution is 6.09. The third kappa shape index (κ3) is 4.27. The normalized spacial score (nSPS) is 11.9. The maximum absolute atomic E-state index is 12.8. The molecule has 1 aromatic heterocycles. The summed E-state index contributed by atoms with van der Waals surface area (Å²) >= 11 is 0. The number of fused-ring (bicyclic) bond motifs is 1. The average molecular weight is 368 g/mol. The second kappa shape index (κ2) is 7.25. The van der Waals surface area contributed by atoms with Gasteiger partial charge in [-0.1, -0.05) is 18.2 Å². The summed E-state index contributed by atoms with van der Waals surface area (Å²) in [6.45, 7) is 0. The first-order valence-corrected chi connectivity index (χ1v) is 7.69. The molecule has 0 saturated heterocycles. The number of halogens is 3. The number of amides is 1. The number of hydrogen-bond acceptors (Lipinski definition) is 4. The van der Waals surface area contributed by atoms with Gasteiger partial charge in [-0.2, -0.15) is 18.4 Å². The van der Waals surface area contributed by atoms with Crippen LogP contribution in [-0.4, -0.2) is 15.9 Å². The van der Waals surface area contributed by atoms with Crippen LogP contribution in [0.15, 0.2) is 60.3 Å². The highest BCUT2D eigenvalue weighted by atomic mass is 19.4. The molecule has 1 heterocycles. The zero-order chi connectivity index (χ0) is 19.4. The van der Waals surface area contributed by atoms with Crippen molar-refractivity contribution >= 4 is 28.7 Å². The van der Waals surface area contributed by atoms with Gasteiger partial charge in [-0.25, -0.2) is 4.98 Å². The van der Waals surface area contributed by atoms with Crippen molar-refractivity contribution < 1.29 is 18.0 Å². The second-order valence-corrected chi connectivity index (χ2v) is 5.49. The molecule has 0 saturated carbocycles. The van der Waals surface area contributed by atoms with E-state index in [1.54, 1.807) is 30.3 Å². The lowest BCUT2D eigenvalue weighted by Crippen LogP contribution is -2.14. The SMILES string of the molecule is N#C/C(=C\c1cnc2ccccc2n1)C(=O)Nc1cccc(C(F)(F)F)c1. The molecule has 2 aromatic carbocycles. The Labute approximate surface area is 151 Å². The van der Waals surface area contributed by atoms with Crippen molar-refractivity contribution in [2.75, 3.05) is 5.32 Å². The molecule has 1 N–H and O–H groups in total. The number of aromatic nitrogens is 2. The first kappa shape index (κ1) is 18.1. The Morgan fingerprint density at radius 1 is 1.11 bits per heavy atom. The number of benzene rings is 2. The van der Waals surface area contributed by atoms with E-state index in [9.17, 15) is 23.2 Å². The molecule has 3 rings (SSSR count). The van der Waals surface area contributed by atoms with Gasteiger partial charge in [-0.3, -0.25) is 9.78 Å². The third-order valence-corrected chi connectivity index (χ3v) is 3.57. The second-order valence-electron chi connectivity index (χ2n) is 5.49. The number of para-hydroxylation sites is 2. The lowest BCUT2D eigenvalue weighted by atomic mass is 10.1. The predicted molar refractivity (Wildman–Crippen MR) is 93.2 cm³/mol. The lowest BCUT2D eigenvalue weighted by Gasteiger charge is -2.09. The van der Waals surface area contributed by atoms with Crippen LogP contribution in [0.2, 0.25) is 0 Å². The highest BCUT2D eigenvalue weighted by Crippen LogP contribution is 2.30. The van der Waals surface area contributed by atoms with E-state index < -0.39 is 17.6 Å². The number of carbonyl (C=O) groups excluding carboxylic acids is 1. The van der Waals surface area contributed by atoms with Crippen molar-refractivity contribution in [3.63, 3.8) is 0 Å². The smallest absolute Gasteiger partial charge is 0.321 e. The van der Waals surface area contributed by atoms with Gasteiger partial charge in [0.05, 0.1) is 28.5 Å². The van der Waals surface area contributed by atoms with Crippen LogP contribution in [0.3, 0.4) is 0 Å². The maximum Gasteiger partial charge on any atom is 0.416 e. The number of nitrogens with one attached hydrogen (secondary N) is 1. The monoisotopic (exact) mass is 368 g/mol. The Morgan fingerprint density at radius 2 is 1.85 bits per heavy atom. The number of hydrogen-bond donors (Lipinski definition) is 1. The third-order valence-electron chi connectivity index (χ3n) is 3.57. The van der Waals surface area contributed by atoms with Crippen molar-refractivity contribution in [2.24, 2.45) is 0 Å². The van der Waals surface area contributed by atoms with Gasteiger partial charge < -0.3 is 5.32 Å². The number of carbonyl (C=O) groups is 1. The molecule has 0 fully saturated rings. The van der Waals surface area contributed by atoms with E-state index in [-0.39, 0.29) is 17.0 Å². The Hall–Kier alpha value is -3.73. The summed E-state index contributed by atoms with van der Waals surface area (Å²) in [6.07, 6.45) is -1.91. The molecule has 0 spiro atoms. The summed E-state index contributed by atoms with van der Waals surface area (Å²) in [7, 11) is 0. The fraction of sp³-hybridized carbons (Fsp3) is 0.0526. The van der Waals surface area contributed by atoms with Gasteiger partial charge >= 0.3 is 6.18 Å². The molecule has 3 aromatic rings. The van der Waals surface area contributed by atoms with Crippen LogP contribution in [0.25, 0.3) is 17.1 Å². The van der Waals surface area contributed by atoms with Gasteiger partial charge in [-0.15, -0.1) is 0 Å². The van der Waals surface area contributed by atoms with E-state index in [1.165, 1.54) is 24.4 Å². The van der Waals surface area contributed by atoms with Gasteiger partial charge in [0, 0.05) is 5.69 Å². The molecule has 0 bridgehead atoms. The summed E-state index contributed by atoms with van der Waals surface area (Å²) in [5.74, 6) is -0.841. The summed E-state index contributed by atoms with van der Waals surface area (Å²) < 4.78 is 38.3. The van der Waals surface area contributed by atoms with Gasteiger partial charge in [-0.05, 0) is 36.4 Å². The molecule has 1 amide bonds. The van der Waals surface area contributed by atoms with Crippen LogP contribution >= 0.6 is 0 Å². The largest absolute Gasteiger partial charge is 0.416 e. The topological polar surface area (TPSA) is 78.7 Å². The molecule has 5 nitrogen and oxygen atoms in total. The van der Waals surface area contributed by atoms with Crippen LogP contribution in [-0.2, 0) is 11.0 Å². The first-order valence-electron chi connectivity index (χ1n) is 7.69. The summed E-state index contributed by atoms with van der Waals surface area (Å²) in [6, 6.07) is 13.0. The quantitative estimate of drug-likeness (QED) is 0.555. The number of alkyl halides is 3. The number of nitrogens with zero attached hydrogens (tertiary/aromatic N) is 3. The van der Waals surface area contributed by atoms with Gasteiger partial charge in [0.2, 0.25) is 0 Å². The molecule has 0 atom stereocenters. The predicted octanol–water partition coefficient (Wildman–Crippen LogP) is 4.19. The van der Waals surface area contributed by atoms with E-state index in [2.05, 4.69) is 15.3 Å². The molecule has 8 heteroatoms. The molecular weight excluding hydrogens is 357 g/mol. The van der Waals surface area contributed by atoms with E-state index >= 15 is 0 Å². The Bertz CT molecular complexity index is 1080. The molecule has 0 radical (unpaired) electrons. The van der Waals surface area contributed by atoms with Crippen LogP contribution in [0.4, 0.5) is 18.9 Å². The highest BCUT2D eigenvalue weighted by Gasteiger charge is 2.30. The van der Waals surface area contributed by atoms with E-state index in [4.69, 9.17) is 0 Å². The van der Waals surface area contributed by atoms with Crippen molar-refractivity contribution in [1.82, 2.24) is 9.97 Å². The number of nitriles is 1. The Kier molecular flexibility index (Phi) is 4.86. The molecule has 0 aliphatic heterocycles. The Morgan fingerprint density at radius 3 is 2.56 bits per heavy atom. The summed E-state index contributed by atoms with van der Waals surface area (Å²) in [5, 5.41) is 11.5. The van der Waals surface area contributed by atoms with Gasteiger partial charge in [0.25, 0.3) is 5.91 Å². The minimum atomic E-state index is -4.53. The molecular formula is C19H11F3N4O. The maximum atomic E-state index is 12.8. The van der Waals surface area contributed by atoms with Gasteiger partial charge in [0.15, 0.2) is 0 Å². The zero-order valence-corrected chi connectivity index (χ0v) is 13.7. The number of rotatable bonds is 3. The van der Waals surface area contributed by atoms with E-state index in [0.717, 1.165) is 12.1 Å². The van der Waals surface area contributed by atoms with Crippen molar-refractivity contribution in [1.29, 1.82) is 5.26 Å². The summed E-state index contributed by atoms with van der Waals surface area (Å²) in [5.41, 5.74) is 0.244. The fourth-order valence-electron chi connectivity index (χ4n) is 2.31. The minimum absolute atomic E-state index is 0.0689. The zero-order valence-electron chi connectivity index (χ0n) is 13.7. The number of anilines is 1. The molecule has 134 valence electrons. The van der Waals surface area contributed by atoms with Crippen LogP contribution in [0, 0.1) is 11.3 Å². The van der Waals surface area contributed by atoms with Crippen molar-refractivity contribution in [3.8, 4) is 6.07 Å². The van der Waals surface area contributed by atoms with Crippen LogP contribution in [0.5, 0.6) is 0 Å². The van der Waals surface area contributed by atoms with E-state index in [1.807, 2.05) is 0 Å². The van der Waals surface area contributed by atoms with Crippen molar-refractivity contribution in [3.05, 3.63) is 71.6 Å². The molecule has 0 unspecified atom stereocenters.